The number of carbonyl (C=O) groups is 2. The number of carbonyl (C=O) groups excluding carboxylic acids is 2. The highest BCUT2D eigenvalue weighted by Crippen LogP contribution is 2.43. The smallest absolute Gasteiger partial charge is 0.261 e. The molecule has 0 spiro atoms. The standard InChI is InChI=1S/C16H15N3O4S2/c1-2-3-17-16(21)13-14-18-15(20)9-4-11-12(23-7-22-11)5-10(9)19(14)6-24-8-25-13/h2,4-5H,1,3,6-8H2,(H,17,21)(H,18,20). The van der Waals surface area contributed by atoms with E-state index < -0.39 is 0 Å². The van der Waals surface area contributed by atoms with Crippen LogP contribution in [0.5, 0.6) is 11.5 Å². The highest BCUT2D eigenvalue weighted by atomic mass is 32.2. The fourth-order valence-corrected chi connectivity index (χ4v) is 4.78. The van der Waals surface area contributed by atoms with Crippen LogP contribution in [-0.2, 0) is 4.79 Å². The van der Waals surface area contributed by atoms with Gasteiger partial charge >= 0.3 is 0 Å². The SMILES string of the molecule is C=CCNC(=O)C1=C2NC(=O)c3cc4c(cc3N2CSCS1)OCO4. The number of benzene rings is 1. The largest absolute Gasteiger partial charge is 0.454 e. The van der Waals surface area contributed by atoms with E-state index in [1.165, 1.54) is 11.8 Å². The summed E-state index contributed by atoms with van der Waals surface area (Å²) in [6.07, 6.45) is 1.62. The molecular formula is C16H15N3O4S2. The molecule has 0 aromatic heterocycles. The minimum absolute atomic E-state index is 0.141. The number of nitrogens with one attached hydrogen (secondary N) is 2. The van der Waals surface area contributed by atoms with E-state index in [2.05, 4.69) is 17.2 Å². The van der Waals surface area contributed by atoms with Gasteiger partial charge in [0, 0.05) is 17.7 Å². The van der Waals surface area contributed by atoms with Gasteiger partial charge in [-0.1, -0.05) is 6.08 Å². The van der Waals surface area contributed by atoms with Crippen LogP contribution in [0.4, 0.5) is 5.69 Å². The van der Waals surface area contributed by atoms with Crippen LogP contribution in [-0.4, -0.2) is 36.1 Å². The van der Waals surface area contributed by atoms with Gasteiger partial charge in [-0.05, 0) is 6.07 Å². The van der Waals surface area contributed by atoms with Crippen LogP contribution in [0.25, 0.3) is 0 Å². The van der Waals surface area contributed by atoms with Crippen molar-refractivity contribution in [3.8, 4) is 11.5 Å². The zero-order valence-electron chi connectivity index (χ0n) is 13.2. The second-order valence-electron chi connectivity index (χ2n) is 5.38. The van der Waals surface area contributed by atoms with Crippen molar-refractivity contribution in [1.29, 1.82) is 0 Å². The number of thioether (sulfide) groups is 2. The summed E-state index contributed by atoms with van der Waals surface area (Å²) in [7, 11) is 0. The molecule has 7 nitrogen and oxygen atoms in total. The summed E-state index contributed by atoms with van der Waals surface area (Å²) in [5.41, 5.74) is 1.22. The van der Waals surface area contributed by atoms with Crippen molar-refractivity contribution in [2.45, 2.75) is 0 Å². The minimum atomic E-state index is -0.263. The highest BCUT2D eigenvalue weighted by Gasteiger charge is 2.35. The zero-order valence-corrected chi connectivity index (χ0v) is 14.8. The van der Waals surface area contributed by atoms with Crippen molar-refractivity contribution >= 4 is 41.0 Å². The van der Waals surface area contributed by atoms with E-state index in [1.807, 2.05) is 4.90 Å². The van der Waals surface area contributed by atoms with Crippen LogP contribution in [0.3, 0.4) is 0 Å². The number of ether oxygens (including phenoxy) is 2. The monoisotopic (exact) mass is 377 g/mol. The Hall–Kier alpha value is -2.26. The molecule has 0 saturated carbocycles. The van der Waals surface area contributed by atoms with E-state index in [9.17, 15) is 9.59 Å². The fourth-order valence-electron chi connectivity index (χ4n) is 2.73. The molecule has 0 unspecified atom stereocenters. The molecule has 0 fully saturated rings. The molecule has 4 rings (SSSR count). The van der Waals surface area contributed by atoms with E-state index >= 15 is 0 Å². The number of fused-ring (bicyclic) bond motifs is 4. The van der Waals surface area contributed by atoms with Gasteiger partial charge in [0.1, 0.15) is 10.7 Å². The second-order valence-corrected chi connectivity index (χ2v) is 7.68. The molecule has 3 aliphatic heterocycles. The number of hydrogen-bond acceptors (Lipinski definition) is 7. The van der Waals surface area contributed by atoms with Gasteiger partial charge in [0.05, 0.1) is 17.1 Å². The van der Waals surface area contributed by atoms with Crippen LogP contribution in [0.1, 0.15) is 10.4 Å². The van der Waals surface area contributed by atoms with Crippen LogP contribution in [0.15, 0.2) is 35.5 Å². The molecule has 9 heteroatoms. The zero-order chi connectivity index (χ0) is 17.4. The van der Waals surface area contributed by atoms with Gasteiger partial charge in [0.15, 0.2) is 11.5 Å². The Kier molecular flexibility index (Phi) is 4.26. The van der Waals surface area contributed by atoms with Gasteiger partial charge in [-0.25, -0.2) is 0 Å². The van der Waals surface area contributed by atoms with Crippen molar-refractivity contribution in [2.24, 2.45) is 0 Å². The number of nitrogens with zero attached hydrogens (tertiary/aromatic N) is 1. The van der Waals surface area contributed by atoms with E-state index in [0.717, 1.165) is 0 Å². The highest BCUT2D eigenvalue weighted by molar-refractivity contribution is 8.18. The van der Waals surface area contributed by atoms with Crippen molar-refractivity contribution in [2.75, 3.05) is 29.2 Å². The molecule has 0 radical (unpaired) electrons. The number of anilines is 1. The first-order valence-corrected chi connectivity index (χ1v) is 9.69. The summed E-state index contributed by atoms with van der Waals surface area (Å²) in [6.45, 7) is 4.11. The predicted octanol–water partition coefficient (Wildman–Crippen LogP) is 1.83. The third kappa shape index (κ3) is 2.83. The molecular weight excluding hydrogens is 362 g/mol. The van der Waals surface area contributed by atoms with Crippen molar-refractivity contribution in [3.05, 3.63) is 41.1 Å². The number of amides is 2. The Labute approximate surface area is 152 Å². The van der Waals surface area contributed by atoms with Gasteiger partial charge in [-0.2, -0.15) is 0 Å². The average molecular weight is 377 g/mol. The van der Waals surface area contributed by atoms with E-state index in [0.29, 0.717) is 51.0 Å². The number of rotatable bonds is 3. The molecule has 2 N–H and O–H groups in total. The first-order valence-electron chi connectivity index (χ1n) is 7.55. The Morgan fingerprint density at radius 2 is 2.20 bits per heavy atom. The quantitative estimate of drug-likeness (QED) is 0.778. The Balaban J connectivity index is 1.80. The lowest BCUT2D eigenvalue weighted by Gasteiger charge is -2.33. The van der Waals surface area contributed by atoms with Crippen LogP contribution in [0, 0.1) is 0 Å². The molecule has 0 saturated heterocycles. The van der Waals surface area contributed by atoms with Crippen molar-refractivity contribution in [3.63, 3.8) is 0 Å². The van der Waals surface area contributed by atoms with Crippen LogP contribution >= 0.6 is 23.5 Å². The summed E-state index contributed by atoms with van der Waals surface area (Å²) < 4.78 is 10.8. The van der Waals surface area contributed by atoms with Crippen molar-refractivity contribution < 1.29 is 19.1 Å². The van der Waals surface area contributed by atoms with Gasteiger partial charge in [0.25, 0.3) is 11.8 Å². The predicted molar refractivity (Wildman–Crippen MR) is 97.7 cm³/mol. The normalized spacial score (nSPS) is 18.1. The van der Waals surface area contributed by atoms with Crippen LogP contribution in [0.2, 0.25) is 0 Å². The molecule has 25 heavy (non-hydrogen) atoms. The first-order chi connectivity index (χ1) is 12.2. The molecule has 1 aromatic rings. The van der Waals surface area contributed by atoms with Gasteiger partial charge in [-0.15, -0.1) is 30.1 Å². The lowest BCUT2D eigenvalue weighted by Crippen LogP contribution is -2.43. The van der Waals surface area contributed by atoms with Crippen LogP contribution < -0.4 is 25.0 Å². The lowest BCUT2D eigenvalue weighted by atomic mass is 10.1. The Morgan fingerprint density at radius 1 is 1.40 bits per heavy atom. The molecule has 3 aliphatic rings. The summed E-state index contributed by atoms with van der Waals surface area (Å²) >= 11 is 3.08. The van der Waals surface area contributed by atoms with Crippen molar-refractivity contribution in [1.82, 2.24) is 10.6 Å². The second kappa shape index (κ2) is 6.57. The van der Waals surface area contributed by atoms with E-state index in [1.54, 1.807) is 30.0 Å². The third-order valence-corrected chi connectivity index (χ3v) is 6.11. The summed E-state index contributed by atoms with van der Waals surface area (Å²) in [6, 6.07) is 3.48. The van der Waals surface area contributed by atoms with Gasteiger partial charge in [-0.3, -0.25) is 9.59 Å². The van der Waals surface area contributed by atoms with Gasteiger partial charge in [0.2, 0.25) is 6.79 Å². The summed E-state index contributed by atoms with van der Waals surface area (Å²) in [5.74, 6) is 1.80. The number of hydrogen-bond donors (Lipinski definition) is 2. The Bertz CT molecular complexity index is 809. The maximum absolute atomic E-state index is 12.6. The lowest BCUT2D eigenvalue weighted by molar-refractivity contribution is -0.116. The fraction of sp³-hybridized carbons (Fsp3) is 0.250. The molecule has 0 aliphatic carbocycles. The topological polar surface area (TPSA) is 79.9 Å². The molecule has 0 bridgehead atoms. The third-order valence-electron chi connectivity index (χ3n) is 3.86. The van der Waals surface area contributed by atoms with E-state index in [-0.39, 0.29) is 18.6 Å². The molecule has 130 valence electrons. The molecule has 2 amide bonds. The first kappa shape index (κ1) is 16.2. The van der Waals surface area contributed by atoms with Gasteiger partial charge < -0.3 is 25.0 Å². The maximum Gasteiger partial charge on any atom is 0.261 e. The maximum atomic E-state index is 12.6. The minimum Gasteiger partial charge on any atom is -0.454 e. The molecule has 3 heterocycles. The summed E-state index contributed by atoms with van der Waals surface area (Å²) in [5, 5.41) is 6.35. The molecule has 1 aromatic carbocycles. The Morgan fingerprint density at radius 3 is 3.00 bits per heavy atom. The molecule has 0 atom stereocenters. The average Bonchev–Trinajstić information content (AvgIpc) is 2.97. The van der Waals surface area contributed by atoms with E-state index in [4.69, 9.17) is 9.47 Å². The summed E-state index contributed by atoms with van der Waals surface area (Å²) in [4.78, 5) is 27.5.